The van der Waals surface area contributed by atoms with Gasteiger partial charge in [0.1, 0.15) is 0 Å². The summed E-state index contributed by atoms with van der Waals surface area (Å²) >= 11 is 0. The van der Waals surface area contributed by atoms with E-state index < -0.39 is 43.0 Å². The lowest BCUT2D eigenvalue weighted by Gasteiger charge is -2.31. The van der Waals surface area contributed by atoms with Crippen molar-refractivity contribution in [1.29, 1.82) is 0 Å². The molecule has 30 heavy (non-hydrogen) atoms. The van der Waals surface area contributed by atoms with E-state index in [2.05, 4.69) is 19.1 Å². The number of halogens is 6. The standard InChI is InChI=1S/C22H36F6O2/c1-2-3-4-5-6-7-8-9-10-11-12-13-14-15-16-20(19(29)30,17-21(23,24)25)18-22(26,27)28/h7-8H,2-6,9-18H2,1H3,(H,29,30). The maximum absolute atomic E-state index is 12.7. The number of rotatable bonds is 17. The number of carbonyl (C=O) groups is 1. The molecule has 2 nitrogen and oxygen atoms in total. The van der Waals surface area contributed by atoms with Crippen LogP contribution in [-0.4, -0.2) is 23.4 Å². The van der Waals surface area contributed by atoms with Gasteiger partial charge in [-0.05, 0) is 32.1 Å². The predicted molar refractivity (Wildman–Crippen MR) is 106 cm³/mol. The van der Waals surface area contributed by atoms with Crippen LogP contribution < -0.4 is 0 Å². The van der Waals surface area contributed by atoms with Crippen LogP contribution in [0.4, 0.5) is 26.3 Å². The van der Waals surface area contributed by atoms with E-state index >= 15 is 0 Å². The Kier molecular flexibility index (Phi) is 14.1. The molecule has 0 aromatic rings. The fraction of sp³-hybridized carbons (Fsp3) is 0.864. The van der Waals surface area contributed by atoms with E-state index in [0.29, 0.717) is 12.8 Å². The summed E-state index contributed by atoms with van der Waals surface area (Å²) in [5.74, 6) is -2.03. The lowest BCUT2D eigenvalue weighted by atomic mass is 9.76. The van der Waals surface area contributed by atoms with Gasteiger partial charge in [-0.15, -0.1) is 0 Å². The first-order valence-electron chi connectivity index (χ1n) is 10.9. The second-order valence-corrected chi connectivity index (χ2v) is 8.15. The highest BCUT2D eigenvalue weighted by molar-refractivity contribution is 5.74. The smallest absolute Gasteiger partial charge is 0.390 e. The Bertz CT molecular complexity index is 467. The third kappa shape index (κ3) is 15.6. The van der Waals surface area contributed by atoms with Gasteiger partial charge in [-0.25, -0.2) is 0 Å². The molecule has 0 aliphatic heterocycles. The lowest BCUT2D eigenvalue weighted by molar-refractivity contribution is -0.208. The summed E-state index contributed by atoms with van der Waals surface area (Å²) in [4.78, 5) is 11.3. The zero-order chi connectivity index (χ0) is 23.1. The summed E-state index contributed by atoms with van der Waals surface area (Å²) in [6.45, 7) is 2.17. The molecule has 0 spiro atoms. The Hall–Kier alpha value is -1.21. The number of hydrogen-bond acceptors (Lipinski definition) is 1. The minimum absolute atomic E-state index is 0.0378. The highest BCUT2D eigenvalue weighted by Gasteiger charge is 2.53. The molecule has 8 heteroatoms. The topological polar surface area (TPSA) is 37.3 Å². The molecule has 0 heterocycles. The first-order valence-corrected chi connectivity index (χ1v) is 10.9. The van der Waals surface area contributed by atoms with E-state index in [-0.39, 0.29) is 6.42 Å². The van der Waals surface area contributed by atoms with E-state index in [1.165, 1.54) is 25.7 Å². The second kappa shape index (κ2) is 14.7. The van der Waals surface area contributed by atoms with Crippen LogP contribution in [0.25, 0.3) is 0 Å². The van der Waals surface area contributed by atoms with Crippen LogP contribution in [0.1, 0.15) is 103 Å². The molecule has 0 bridgehead atoms. The van der Waals surface area contributed by atoms with Crippen LogP contribution in [0.15, 0.2) is 12.2 Å². The van der Waals surface area contributed by atoms with Gasteiger partial charge in [-0.1, -0.05) is 70.4 Å². The predicted octanol–water partition coefficient (Wildman–Crippen LogP) is 8.61. The summed E-state index contributed by atoms with van der Waals surface area (Å²) in [5, 5.41) is 9.15. The summed E-state index contributed by atoms with van der Waals surface area (Å²) in [7, 11) is 0. The fourth-order valence-corrected chi connectivity index (χ4v) is 3.62. The van der Waals surface area contributed by atoms with Crippen molar-refractivity contribution in [2.75, 3.05) is 0 Å². The van der Waals surface area contributed by atoms with Crippen LogP contribution in [0.2, 0.25) is 0 Å². The molecule has 0 rings (SSSR count). The molecule has 1 N–H and O–H groups in total. The van der Waals surface area contributed by atoms with Crippen LogP contribution >= 0.6 is 0 Å². The first kappa shape index (κ1) is 28.8. The molecule has 0 aromatic heterocycles. The van der Waals surface area contributed by atoms with E-state index in [1.54, 1.807) is 0 Å². The highest BCUT2D eigenvalue weighted by Crippen LogP contribution is 2.45. The molecular weight excluding hydrogens is 410 g/mol. The third-order valence-electron chi connectivity index (χ3n) is 5.20. The van der Waals surface area contributed by atoms with Gasteiger partial charge in [0.25, 0.3) is 0 Å². The molecular formula is C22H36F6O2. The zero-order valence-corrected chi connectivity index (χ0v) is 17.9. The third-order valence-corrected chi connectivity index (χ3v) is 5.20. The Morgan fingerprint density at radius 2 is 1.10 bits per heavy atom. The van der Waals surface area contributed by atoms with Crippen molar-refractivity contribution in [3.63, 3.8) is 0 Å². The van der Waals surface area contributed by atoms with Crippen molar-refractivity contribution < 1.29 is 36.2 Å². The van der Waals surface area contributed by atoms with Crippen molar-refractivity contribution in [2.45, 2.75) is 116 Å². The molecule has 0 fully saturated rings. The van der Waals surface area contributed by atoms with Crippen LogP contribution in [0.5, 0.6) is 0 Å². The summed E-state index contributed by atoms with van der Waals surface area (Å²) in [5.41, 5.74) is -2.83. The lowest BCUT2D eigenvalue weighted by Crippen LogP contribution is -2.40. The van der Waals surface area contributed by atoms with Gasteiger partial charge >= 0.3 is 18.3 Å². The van der Waals surface area contributed by atoms with Crippen molar-refractivity contribution in [2.24, 2.45) is 5.41 Å². The van der Waals surface area contributed by atoms with Gasteiger partial charge < -0.3 is 5.11 Å². The second-order valence-electron chi connectivity index (χ2n) is 8.15. The van der Waals surface area contributed by atoms with Crippen molar-refractivity contribution in [3.8, 4) is 0 Å². The molecule has 0 atom stereocenters. The Balaban J connectivity index is 4.17. The van der Waals surface area contributed by atoms with Gasteiger partial charge in [0.05, 0.1) is 18.3 Å². The maximum atomic E-state index is 12.7. The van der Waals surface area contributed by atoms with Gasteiger partial charge in [0, 0.05) is 0 Å². The SMILES string of the molecule is CCCCCCC=CCCCCCCCCC(CC(F)(F)F)(CC(F)(F)F)C(=O)O. The van der Waals surface area contributed by atoms with Gasteiger partial charge in [0.15, 0.2) is 0 Å². The average molecular weight is 447 g/mol. The van der Waals surface area contributed by atoms with Crippen molar-refractivity contribution >= 4 is 5.97 Å². The van der Waals surface area contributed by atoms with Crippen molar-refractivity contribution in [3.05, 3.63) is 12.2 Å². The minimum atomic E-state index is -4.97. The first-order chi connectivity index (χ1) is 13.9. The number of unbranched alkanes of at least 4 members (excludes halogenated alkanes) is 10. The number of hydrogen-bond donors (Lipinski definition) is 1. The van der Waals surface area contributed by atoms with Crippen LogP contribution in [0.3, 0.4) is 0 Å². The Morgan fingerprint density at radius 1 is 0.700 bits per heavy atom. The largest absolute Gasteiger partial charge is 0.481 e. The maximum Gasteiger partial charge on any atom is 0.390 e. The van der Waals surface area contributed by atoms with Gasteiger partial charge in [0.2, 0.25) is 0 Å². The molecule has 0 saturated heterocycles. The number of carboxylic acid groups (broad SMARTS) is 1. The molecule has 0 radical (unpaired) electrons. The Labute approximate surface area is 176 Å². The van der Waals surface area contributed by atoms with E-state index in [4.69, 9.17) is 5.11 Å². The summed E-state index contributed by atoms with van der Waals surface area (Å²) in [6.07, 6.45) is 0.744. The van der Waals surface area contributed by atoms with Gasteiger partial charge in [-0.3, -0.25) is 4.79 Å². The minimum Gasteiger partial charge on any atom is -0.481 e. The van der Waals surface area contributed by atoms with Crippen LogP contribution in [-0.2, 0) is 4.79 Å². The monoisotopic (exact) mass is 446 g/mol. The summed E-state index contributed by atoms with van der Waals surface area (Å²) < 4.78 is 76.4. The molecule has 0 aromatic carbocycles. The zero-order valence-electron chi connectivity index (χ0n) is 17.9. The van der Waals surface area contributed by atoms with E-state index in [9.17, 15) is 31.1 Å². The average Bonchev–Trinajstić information content (AvgIpc) is 2.59. The normalized spacial score (nSPS) is 13.3. The van der Waals surface area contributed by atoms with Gasteiger partial charge in [-0.2, -0.15) is 26.3 Å². The van der Waals surface area contributed by atoms with E-state index in [0.717, 1.165) is 32.1 Å². The van der Waals surface area contributed by atoms with Crippen LogP contribution in [0, 0.1) is 5.41 Å². The molecule has 0 saturated carbocycles. The molecule has 0 unspecified atom stereocenters. The fourth-order valence-electron chi connectivity index (χ4n) is 3.62. The number of alkyl halides is 6. The highest BCUT2D eigenvalue weighted by atomic mass is 19.4. The number of carboxylic acids is 1. The summed E-state index contributed by atoms with van der Waals surface area (Å²) in [6, 6.07) is 0. The van der Waals surface area contributed by atoms with E-state index in [1.807, 2.05) is 0 Å². The molecule has 0 aliphatic carbocycles. The van der Waals surface area contributed by atoms with Crippen molar-refractivity contribution in [1.82, 2.24) is 0 Å². The quantitative estimate of drug-likeness (QED) is 0.138. The molecule has 178 valence electrons. The number of aliphatic carboxylic acids is 1. The number of allylic oxidation sites excluding steroid dienone is 2. The molecule has 0 aliphatic rings. The Morgan fingerprint density at radius 3 is 1.50 bits per heavy atom. The molecule has 0 amide bonds.